The van der Waals surface area contributed by atoms with Crippen LogP contribution in [0, 0.1) is 5.92 Å². The fraction of sp³-hybridized carbons (Fsp3) is 0.500. The molecule has 1 aromatic rings. The van der Waals surface area contributed by atoms with E-state index >= 15 is 0 Å². The summed E-state index contributed by atoms with van der Waals surface area (Å²) in [4.78, 5) is 35.1. The molecule has 1 N–H and O–H groups in total. The molecule has 144 valence electrons. The molecule has 0 unspecified atom stereocenters. The van der Waals surface area contributed by atoms with Gasteiger partial charge in [-0.05, 0) is 43.5 Å². The summed E-state index contributed by atoms with van der Waals surface area (Å²) in [5, 5.41) is 2.30. The zero-order valence-electron chi connectivity index (χ0n) is 14.9. The largest absolute Gasteiger partial charge is 0.438 e. The first-order valence-electron chi connectivity index (χ1n) is 8.16. The molecule has 0 saturated heterocycles. The third-order valence-electron chi connectivity index (χ3n) is 3.48. The number of ether oxygens (including phenoxy) is 1. The van der Waals surface area contributed by atoms with Gasteiger partial charge in [0.25, 0.3) is 0 Å². The van der Waals surface area contributed by atoms with E-state index in [-0.39, 0.29) is 42.4 Å². The Morgan fingerprint density at radius 2 is 1.65 bits per heavy atom. The molecule has 1 amide bonds. The Labute approximate surface area is 149 Å². The summed E-state index contributed by atoms with van der Waals surface area (Å²) in [6.45, 7) is 5.06. The summed E-state index contributed by atoms with van der Waals surface area (Å²) in [6.07, 6.45) is -6.09. The van der Waals surface area contributed by atoms with Crippen molar-refractivity contribution < 1.29 is 32.3 Å². The number of alkyl halides is 3. The van der Waals surface area contributed by atoms with E-state index in [1.165, 1.54) is 6.92 Å². The Morgan fingerprint density at radius 3 is 2.12 bits per heavy atom. The third-order valence-corrected chi connectivity index (χ3v) is 3.48. The van der Waals surface area contributed by atoms with E-state index in [1.54, 1.807) is 0 Å². The fourth-order valence-electron chi connectivity index (χ4n) is 2.15. The number of ketones is 2. The van der Waals surface area contributed by atoms with Crippen molar-refractivity contribution in [3.05, 3.63) is 29.8 Å². The number of halogens is 3. The number of carbonyl (C=O) groups is 3. The average Bonchev–Trinajstić information content (AvgIpc) is 2.51. The van der Waals surface area contributed by atoms with Gasteiger partial charge in [-0.3, -0.25) is 10.1 Å². The molecule has 1 atom stereocenters. The minimum absolute atomic E-state index is 0.0275. The molecule has 0 aliphatic heterocycles. The number of amides is 1. The minimum atomic E-state index is -4.47. The van der Waals surface area contributed by atoms with Crippen LogP contribution in [0.3, 0.4) is 0 Å². The first-order valence-corrected chi connectivity index (χ1v) is 8.16. The summed E-state index contributed by atoms with van der Waals surface area (Å²) < 4.78 is 42.7. The Balaban J connectivity index is 2.70. The fourth-order valence-corrected chi connectivity index (χ4v) is 2.15. The average molecular weight is 373 g/mol. The van der Waals surface area contributed by atoms with Gasteiger partial charge in [0.1, 0.15) is 5.78 Å². The number of rotatable bonds is 8. The van der Waals surface area contributed by atoms with Gasteiger partial charge in [-0.25, -0.2) is 4.79 Å². The Morgan fingerprint density at radius 1 is 1.08 bits per heavy atom. The highest BCUT2D eigenvalue weighted by Crippen LogP contribution is 2.29. The van der Waals surface area contributed by atoms with E-state index < -0.39 is 23.9 Å². The predicted octanol–water partition coefficient (Wildman–Crippen LogP) is 4.61. The lowest BCUT2D eigenvalue weighted by atomic mass is 9.99. The molecule has 0 spiro atoms. The van der Waals surface area contributed by atoms with Gasteiger partial charge in [0, 0.05) is 18.5 Å². The molecule has 0 aromatic heterocycles. The molecule has 0 aliphatic rings. The zero-order chi connectivity index (χ0) is 19.9. The van der Waals surface area contributed by atoms with Crippen molar-refractivity contribution in [2.24, 2.45) is 5.92 Å². The summed E-state index contributed by atoms with van der Waals surface area (Å²) in [5.41, 5.74) is -0.726. The maximum Gasteiger partial charge on any atom is 0.416 e. The van der Waals surface area contributed by atoms with Gasteiger partial charge in [-0.15, -0.1) is 0 Å². The van der Waals surface area contributed by atoms with E-state index in [0.717, 1.165) is 24.3 Å². The van der Waals surface area contributed by atoms with E-state index in [0.29, 0.717) is 0 Å². The summed E-state index contributed by atoms with van der Waals surface area (Å²) in [5.74, 6) is -0.438. The van der Waals surface area contributed by atoms with Gasteiger partial charge in [0.2, 0.25) is 0 Å². The van der Waals surface area contributed by atoms with Crippen molar-refractivity contribution in [2.75, 3.05) is 5.32 Å². The van der Waals surface area contributed by atoms with Crippen molar-refractivity contribution in [1.29, 1.82) is 0 Å². The first-order chi connectivity index (χ1) is 12.0. The number of benzene rings is 1. The van der Waals surface area contributed by atoms with Crippen LogP contribution in [0.15, 0.2) is 24.3 Å². The summed E-state index contributed by atoms with van der Waals surface area (Å²) in [6, 6.07) is 3.86. The first kappa shape index (κ1) is 21.7. The van der Waals surface area contributed by atoms with Gasteiger partial charge < -0.3 is 9.53 Å². The van der Waals surface area contributed by atoms with Crippen molar-refractivity contribution in [3.8, 4) is 0 Å². The molecule has 0 fully saturated rings. The van der Waals surface area contributed by atoms with Crippen LogP contribution < -0.4 is 5.32 Å². The second-order valence-corrected chi connectivity index (χ2v) is 6.39. The molecule has 8 heteroatoms. The standard InChI is InChI=1S/C18H22F3NO4/c1-11(2)10-16(15(24)9-4-12(3)23)26-17(25)22-14-7-5-13(6-8-14)18(19,20)21/h5-8,11,16H,4,9-10H2,1-3H3,(H,22,25)/t16-/m0/s1. The molecule has 5 nitrogen and oxygen atoms in total. The Kier molecular flexibility index (Phi) is 7.79. The maximum atomic E-state index is 12.5. The third kappa shape index (κ3) is 7.67. The molecule has 0 radical (unpaired) electrons. The molecule has 1 rings (SSSR count). The molecule has 0 heterocycles. The van der Waals surface area contributed by atoms with Crippen LogP contribution in [0.2, 0.25) is 0 Å². The van der Waals surface area contributed by atoms with Crippen LogP contribution in [0.1, 0.15) is 45.6 Å². The highest BCUT2D eigenvalue weighted by Gasteiger charge is 2.30. The summed E-state index contributed by atoms with van der Waals surface area (Å²) >= 11 is 0. The second kappa shape index (κ2) is 9.35. The normalized spacial score (nSPS) is 12.6. The van der Waals surface area contributed by atoms with Crippen molar-refractivity contribution in [1.82, 2.24) is 0 Å². The molecule has 0 bridgehead atoms. The lowest BCUT2D eigenvalue weighted by Gasteiger charge is -2.19. The van der Waals surface area contributed by atoms with Gasteiger partial charge >= 0.3 is 12.3 Å². The van der Waals surface area contributed by atoms with Crippen LogP contribution in [-0.2, 0) is 20.5 Å². The Hall–Kier alpha value is -2.38. The smallest absolute Gasteiger partial charge is 0.416 e. The molecule has 1 aromatic carbocycles. The van der Waals surface area contributed by atoms with Crippen LogP contribution in [0.4, 0.5) is 23.7 Å². The van der Waals surface area contributed by atoms with Crippen molar-refractivity contribution in [2.45, 2.75) is 52.3 Å². The number of Topliss-reactive ketones (excluding diaryl/α,β-unsaturated/α-hetero) is 2. The quantitative estimate of drug-likeness (QED) is 0.722. The predicted molar refractivity (Wildman–Crippen MR) is 89.7 cm³/mol. The number of hydrogen-bond donors (Lipinski definition) is 1. The topological polar surface area (TPSA) is 72.5 Å². The molecular formula is C18H22F3NO4. The van der Waals surface area contributed by atoms with Crippen molar-refractivity contribution >= 4 is 23.3 Å². The highest BCUT2D eigenvalue weighted by molar-refractivity contribution is 5.91. The summed E-state index contributed by atoms with van der Waals surface area (Å²) in [7, 11) is 0. The maximum absolute atomic E-state index is 12.5. The van der Waals surface area contributed by atoms with E-state index in [2.05, 4.69) is 5.32 Å². The van der Waals surface area contributed by atoms with Crippen molar-refractivity contribution in [3.63, 3.8) is 0 Å². The molecule has 26 heavy (non-hydrogen) atoms. The lowest BCUT2D eigenvalue weighted by Crippen LogP contribution is -2.31. The van der Waals surface area contributed by atoms with E-state index in [1.807, 2.05) is 13.8 Å². The second-order valence-electron chi connectivity index (χ2n) is 6.39. The van der Waals surface area contributed by atoms with Gasteiger partial charge in [0.05, 0.1) is 5.56 Å². The van der Waals surface area contributed by atoms with E-state index in [4.69, 9.17) is 4.74 Å². The lowest BCUT2D eigenvalue weighted by molar-refractivity contribution is -0.137. The Bertz CT molecular complexity index is 639. The molecular weight excluding hydrogens is 351 g/mol. The van der Waals surface area contributed by atoms with Crippen LogP contribution in [0.25, 0.3) is 0 Å². The van der Waals surface area contributed by atoms with Crippen LogP contribution in [-0.4, -0.2) is 23.8 Å². The number of nitrogens with one attached hydrogen (secondary N) is 1. The minimum Gasteiger partial charge on any atom is -0.438 e. The number of hydrogen-bond acceptors (Lipinski definition) is 4. The van der Waals surface area contributed by atoms with Crippen LogP contribution >= 0.6 is 0 Å². The number of carbonyl (C=O) groups excluding carboxylic acids is 3. The van der Waals surface area contributed by atoms with Gasteiger partial charge in [0.15, 0.2) is 11.9 Å². The number of anilines is 1. The zero-order valence-corrected chi connectivity index (χ0v) is 14.9. The molecule has 0 aliphatic carbocycles. The van der Waals surface area contributed by atoms with Gasteiger partial charge in [-0.2, -0.15) is 13.2 Å². The van der Waals surface area contributed by atoms with Gasteiger partial charge in [-0.1, -0.05) is 13.8 Å². The van der Waals surface area contributed by atoms with E-state index in [9.17, 15) is 27.6 Å². The monoisotopic (exact) mass is 373 g/mol. The van der Waals surface area contributed by atoms with Crippen LogP contribution in [0.5, 0.6) is 0 Å². The molecule has 0 saturated carbocycles. The SMILES string of the molecule is CC(=O)CCC(=O)[C@H](CC(C)C)OC(=O)Nc1ccc(C(F)(F)F)cc1. The highest BCUT2D eigenvalue weighted by atomic mass is 19.4.